The standard InChI is InChI=1S/C34H35N3O6/c1-40-24-19-27-32(30(20-24)43-4)37-31-25(33(27)38)6-5-7-26(31)34(39)36-23-11-8-21(9-12-23)14-16-35-17-15-22-10-13-28(41-2)29(18-22)42-3/h5-13,18-20,35H,14-17H2,1-4H3,(H,36,39)(H,37,38). The predicted octanol–water partition coefficient (Wildman–Crippen LogP) is 5.34. The molecule has 5 aromatic rings. The summed E-state index contributed by atoms with van der Waals surface area (Å²) in [6.45, 7) is 1.66. The van der Waals surface area contributed by atoms with E-state index < -0.39 is 0 Å². The smallest absolute Gasteiger partial charge is 0.257 e. The van der Waals surface area contributed by atoms with Crippen molar-refractivity contribution >= 4 is 33.4 Å². The van der Waals surface area contributed by atoms with Crippen LogP contribution in [0.4, 0.5) is 5.69 Å². The molecule has 0 saturated heterocycles. The number of nitrogens with one attached hydrogen (secondary N) is 3. The molecule has 0 atom stereocenters. The fourth-order valence-corrected chi connectivity index (χ4v) is 5.09. The van der Waals surface area contributed by atoms with E-state index >= 15 is 0 Å². The maximum absolute atomic E-state index is 13.4. The maximum atomic E-state index is 13.4. The van der Waals surface area contributed by atoms with Crippen LogP contribution < -0.4 is 35.0 Å². The Balaban J connectivity index is 1.22. The van der Waals surface area contributed by atoms with Crippen molar-refractivity contribution in [2.45, 2.75) is 12.8 Å². The predicted molar refractivity (Wildman–Crippen MR) is 169 cm³/mol. The fourth-order valence-electron chi connectivity index (χ4n) is 5.09. The Kier molecular flexibility index (Phi) is 9.12. The SMILES string of the molecule is COc1cc(OC)c2[nH]c3c(C(=O)Nc4ccc(CCNCCc5ccc(OC)c(OC)c5)cc4)cccc3c(=O)c2c1. The lowest BCUT2D eigenvalue weighted by Crippen LogP contribution is -2.20. The number of hydrogen-bond acceptors (Lipinski definition) is 7. The number of methoxy groups -OCH3 is 4. The minimum atomic E-state index is -0.322. The van der Waals surface area contributed by atoms with Crippen molar-refractivity contribution in [3.63, 3.8) is 0 Å². The van der Waals surface area contributed by atoms with Crippen molar-refractivity contribution in [3.8, 4) is 23.0 Å². The van der Waals surface area contributed by atoms with Crippen LogP contribution in [0.2, 0.25) is 0 Å². The lowest BCUT2D eigenvalue weighted by atomic mass is 10.0. The monoisotopic (exact) mass is 581 g/mol. The van der Waals surface area contributed by atoms with Crippen LogP contribution in [0.5, 0.6) is 23.0 Å². The Bertz CT molecular complexity index is 1810. The molecule has 43 heavy (non-hydrogen) atoms. The number of aromatic amines is 1. The summed E-state index contributed by atoms with van der Waals surface area (Å²) in [5, 5.41) is 7.27. The average Bonchev–Trinajstić information content (AvgIpc) is 3.04. The van der Waals surface area contributed by atoms with Gasteiger partial charge in [0.2, 0.25) is 0 Å². The highest BCUT2D eigenvalue weighted by Crippen LogP contribution is 2.31. The van der Waals surface area contributed by atoms with E-state index in [-0.39, 0.29) is 11.3 Å². The number of carbonyl (C=O) groups excluding carboxylic acids is 1. The summed E-state index contributed by atoms with van der Waals surface area (Å²) in [7, 11) is 6.32. The Morgan fingerprint density at radius 2 is 1.40 bits per heavy atom. The molecule has 222 valence electrons. The molecule has 0 fully saturated rings. The molecule has 0 radical (unpaired) electrons. The second-order valence-electron chi connectivity index (χ2n) is 10.0. The zero-order valence-electron chi connectivity index (χ0n) is 24.7. The molecule has 1 heterocycles. The van der Waals surface area contributed by atoms with E-state index in [4.69, 9.17) is 18.9 Å². The number of rotatable bonds is 12. The summed E-state index contributed by atoms with van der Waals surface area (Å²) in [4.78, 5) is 30.0. The summed E-state index contributed by atoms with van der Waals surface area (Å²) >= 11 is 0. The Labute approximate surface area is 249 Å². The molecule has 0 aliphatic rings. The molecular weight excluding hydrogens is 546 g/mol. The van der Waals surface area contributed by atoms with Crippen LogP contribution in [0.1, 0.15) is 21.5 Å². The van der Waals surface area contributed by atoms with Gasteiger partial charge in [0.05, 0.1) is 50.4 Å². The molecule has 9 nitrogen and oxygen atoms in total. The molecule has 0 bridgehead atoms. The van der Waals surface area contributed by atoms with Gasteiger partial charge in [0.25, 0.3) is 5.91 Å². The molecule has 4 aromatic carbocycles. The van der Waals surface area contributed by atoms with Gasteiger partial charge in [-0.2, -0.15) is 0 Å². The first-order chi connectivity index (χ1) is 20.9. The molecule has 0 spiro atoms. The Morgan fingerprint density at radius 1 is 0.698 bits per heavy atom. The topological polar surface area (TPSA) is 111 Å². The number of para-hydroxylation sites is 1. The lowest BCUT2D eigenvalue weighted by molar-refractivity contribution is 0.102. The number of aromatic nitrogens is 1. The van der Waals surface area contributed by atoms with Crippen molar-refractivity contribution in [2.75, 3.05) is 46.8 Å². The lowest BCUT2D eigenvalue weighted by Gasteiger charge is -2.12. The van der Waals surface area contributed by atoms with Crippen molar-refractivity contribution < 1.29 is 23.7 Å². The van der Waals surface area contributed by atoms with Gasteiger partial charge in [0.1, 0.15) is 11.5 Å². The van der Waals surface area contributed by atoms with Gasteiger partial charge < -0.3 is 34.6 Å². The van der Waals surface area contributed by atoms with Crippen molar-refractivity contribution in [1.29, 1.82) is 0 Å². The van der Waals surface area contributed by atoms with E-state index in [1.54, 1.807) is 44.6 Å². The van der Waals surface area contributed by atoms with E-state index in [1.165, 1.54) is 19.8 Å². The maximum Gasteiger partial charge on any atom is 0.257 e. The first-order valence-electron chi connectivity index (χ1n) is 14.0. The van der Waals surface area contributed by atoms with E-state index in [9.17, 15) is 9.59 Å². The van der Waals surface area contributed by atoms with Gasteiger partial charge in [0.15, 0.2) is 16.9 Å². The van der Waals surface area contributed by atoms with Crippen molar-refractivity contribution in [2.24, 2.45) is 0 Å². The summed E-state index contributed by atoms with van der Waals surface area (Å²) in [6, 6.07) is 22.2. The van der Waals surface area contributed by atoms with Gasteiger partial charge in [-0.1, -0.05) is 24.3 Å². The molecule has 0 aliphatic heterocycles. The number of amides is 1. The van der Waals surface area contributed by atoms with Crippen LogP contribution in [0, 0.1) is 0 Å². The van der Waals surface area contributed by atoms with Crippen LogP contribution in [0.25, 0.3) is 21.8 Å². The molecule has 9 heteroatoms. The molecule has 3 N–H and O–H groups in total. The first kappa shape index (κ1) is 29.5. The second-order valence-corrected chi connectivity index (χ2v) is 10.0. The van der Waals surface area contributed by atoms with Crippen molar-refractivity contribution in [1.82, 2.24) is 10.3 Å². The number of pyridine rings is 1. The summed E-state index contributed by atoms with van der Waals surface area (Å²) in [6.07, 6.45) is 1.73. The number of carbonyl (C=O) groups is 1. The number of hydrogen-bond donors (Lipinski definition) is 3. The van der Waals surface area contributed by atoms with Crippen LogP contribution >= 0.6 is 0 Å². The summed E-state index contributed by atoms with van der Waals surface area (Å²) in [5.41, 5.74) is 4.08. The Morgan fingerprint density at radius 3 is 2.09 bits per heavy atom. The summed E-state index contributed by atoms with van der Waals surface area (Å²) < 4.78 is 21.5. The van der Waals surface area contributed by atoms with Crippen LogP contribution in [-0.4, -0.2) is 52.4 Å². The van der Waals surface area contributed by atoms with E-state index in [0.29, 0.717) is 44.6 Å². The van der Waals surface area contributed by atoms with Crippen LogP contribution in [-0.2, 0) is 12.8 Å². The highest BCUT2D eigenvalue weighted by atomic mass is 16.5. The van der Waals surface area contributed by atoms with Gasteiger partial charge >= 0.3 is 0 Å². The molecule has 0 saturated carbocycles. The molecule has 0 unspecified atom stereocenters. The number of ether oxygens (including phenoxy) is 4. The largest absolute Gasteiger partial charge is 0.497 e. The van der Waals surface area contributed by atoms with Crippen LogP contribution in [0.3, 0.4) is 0 Å². The highest BCUT2D eigenvalue weighted by molar-refractivity contribution is 6.13. The number of anilines is 1. The molecule has 1 aromatic heterocycles. The highest BCUT2D eigenvalue weighted by Gasteiger charge is 2.17. The number of fused-ring (bicyclic) bond motifs is 2. The normalized spacial score (nSPS) is 11.0. The van der Waals surface area contributed by atoms with E-state index in [2.05, 4.69) is 15.6 Å². The minimum Gasteiger partial charge on any atom is -0.497 e. The van der Waals surface area contributed by atoms with Gasteiger partial charge in [-0.05, 0) is 79.5 Å². The Hall–Kier alpha value is -5.02. The van der Waals surface area contributed by atoms with Crippen LogP contribution in [0.15, 0.2) is 77.6 Å². The van der Waals surface area contributed by atoms with Crippen molar-refractivity contribution in [3.05, 3.63) is 99.7 Å². The third-order valence-electron chi connectivity index (χ3n) is 7.42. The zero-order chi connectivity index (χ0) is 30.3. The van der Waals surface area contributed by atoms with E-state index in [0.717, 1.165) is 43.0 Å². The minimum absolute atomic E-state index is 0.211. The second kappa shape index (κ2) is 13.3. The number of benzene rings is 4. The van der Waals surface area contributed by atoms with Gasteiger partial charge in [-0.25, -0.2) is 0 Å². The molecule has 5 rings (SSSR count). The van der Waals surface area contributed by atoms with Gasteiger partial charge in [-0.3, -0.25) is 9.59 Å². The average molecular weight is 582 g/mol. The molecular formula is C34H35N3O6. The quantitative estimate of drug-likeness (QED) is 0.135. The fraction of sp³-hybridized carbons (Fsp3) is 0.235. The molecule has 0 aliphatic carbocycles. The van der Waals surface area contributed by atoms with Gasteiger partial charge in [0, 0.05) is 17.1 Å². The third-order valence-corrected chi connectivity index (χ3v) is 7.42. The first-order valence-corrected chi connectivity index (χ1v) is 14.0. The third kappa shape index (κ3) is 6.42. The summed E-state index contributed by atoms with van der Waals surface area (Å²) in [5.74, 6) is 2.10. The molecule has 1 amide bonds. The number of H-pyrrole nitrogens is 1. The zero-order valence-corrected chi connectivity index (χ0v) is 24.7. The van der Waals surface area contributed by atoms with Gasteiger partial charge in [-0.15, -0.1) is 0 Å². The van der Waals surface area contributed by atoms with E-state index in [1.807, 2.05) is 42.5 Å².